The number of imidazole rings is 2. The normalized spacial score (nSPS) is 11.9. The summed E-state index contributed by atoms with van der Waals surface area (Å²) in [6.45, 7) is 13.5. The van der Waals surface area contributed by atoms with Gasteiger partial charge in [0.15, 0.2) is 0 Å². The van der Waals surface area contributed by atoms with Crippen LogP contribution in [0.4, 0.5) is 0 Å². The van der Waals surface area contributed by atoms with Crippen molar-refractivity contribution < 1.29 is 9.13 Å². The van der Waals surface area contributed by atoms with E-state index in [1.54, 1.807) is 0 Å². The summed E-state index contributed by atoms with van der Waals surface area (Å²) in [7, 11) is 4.14. The van der Waals surface area contributed by atoms with E-state index in [1.165, 1.54) is 38.9 Å². The molecule has 0 saturated heterocycles. The molecule has 202 valence electrons. The smallest absolute Gasteiger partial charge is 0.244 e. The fourth-order valence-electron chi connectivity index (χ4n) is 5.96. The maximum atomic E-state index is 3.61. The van der Waals surface area contributed by atoms with Crippen LogP contribution in [0.25, 0.3) is 44.6 Å². The minimum Gasteiger partial charge on any atom is -0.320 e. The highest BCUT2D eigenvalue weighted by molar-refractivity contribution is 5.78. The van der Waals surface area contributed by atoms with Crippen molar-refractivity contribution >= 4 is 22.1 Å². The van der Waals surface area contributed by atoms with Gasteiger partial charge in [-0.25, -0.2) is 0 Å². The number of para-hydroxylation sites is 2. The highest BCUT2D eigenvalue weighted by Gasteiger charge is 2.19. The summed E-state index contributed by atoms with van der Waals surface area (Å²) < 4.78 is 8.59. The lowest BCUT2D eigenvalue weighted by Crippen LogP contribution is -2.33. The first-order valence-electron chi connectivity index (χ1n) is 14.2. The fourth-order valence-corrected chi connectivity index (χ4v) is 5.96. The molecule has 0 saturated carbocycles. The standard InChI is InChI=1S/C36H38N4/c1-23(2)30-12-11-13-31(24(3)4)36(30)27-18-28(39-21-37(7)32-14-9-10-15-33(32)39)20-29(19-27)40-22-38(8)34-16-25(5)26(6)17-35(34)40/h9-20,23-24H,1-8H3. The van der Waals surface area contributed by atoms with Gasteiger partial charge in [-0.05, 0) is 47.9 Å². The molecule has 2 aromatic heterocycles. The van der Waals surface area contributed by atoms with Gasteiger partial charge in [-0.1, -0.05) is 112 Å². The molecule has 6 rings (SSSR count). The summed E-state index contributed by atoms with van der Waals surface area (Å²) in [6, 6.07) is 26.8. The summed E-state index contributed by atoms with van der Waals surface area (Å²) in [5, 5.41) is 0. The molecule has 0 fully saturated rings. The second-order valence-corrected chi connectivity index (χ2v) is 11.8. The van der Waals surface area contributed by atoms with Crippen LogP contribution in [0.15, 0.2) is 72.8 Å². The van der Waals surface area contributed by atoms with Gasteiger partial charge in [-0.15, -0.1) is 0 Å². The number of rotatable bonds is 5. The molecule has 0 N–H and O–H groups in total. The van der Waals surface area contributed by atoms with Gasteiger partial charge in [0.1, 0.15) is 0 Å². The van der Waals surface area contributed by atoms with Gasteiger partial charge in [0.2, 0.25) is 12.7 Å². The van der Waals surface area contributed by atoms with E-state index < -0.39 is 0 Å². The first-order chi connectivity index (χ1) is 19.1. The zero-order valence-corrected chi connectivity index (χ0v) is 24.9. The number of nitrogens with zero attached hydrogens (tertiary/aromatic N) is 4. The summed E-state index contributed by atoms with van der Waals surface area (Å²) in [5.41, 5.74) is 14.6. The topological polar surface area (TPSA) is 17.6 Å². The van der Waals surface area contributed by atoms with Crippen LogP contribution in [-0.2, 0) is 14.1 Å². The Labute approximate surface area is 237 Å². The van der Waals surface area contributed by atoms with E-state index in [-0.39, 0.29) is 0 Å². The molecule has 0 aliphatic heterocycles. The maximum Gasteiger partial charge on any atom is 0.244 e. The van der Waals surface area contributed by atoms with E-state index in [9.17, 15) is 0 Å². The monoisotopic (exact) mass is 526 g/mol. The Morgan fingerprint density at radius 2 is 1.15 bits per heavy atom. The molecule has 0 unspecified atom stereocenters. The van der Waals surface area contributed by atoms with Crippen molar-refractivity contribution in [3.05, 3.63) is 108 Å². The predicted octanol–water partition coefficient (Wildman–Crippen LogP) is 7.35. The minimum absolute atomic E-state index is 0.403. The fraction of sp³-hybridized carbons (Fsp3) is 0.278. The molecule has 40 heavy (non-hydrogen) atoms. The highest BCUT2D eigenvalue weighted by Crippen LogP contribution is 2.37. The van der Waals surface area contributed by atoms with Gasteiger partial charge >= 0.3 is 0 Å². The van der Waals surface area contributed by atoms with Gasteiger partial charge in [0, 0.05) is 11.4 Å². The van der Waals surface area contributed by atoms with Gasteiger partial charge in [-0.2, -0.15) is 0 Å². The molecule has 0 bridgehead atoms. The lowest BCUT2D eigenvalue weighted by molar-refractivity contribution is -0.581. The Morgan fingerprint density at radius 3 is 1.77 bits per heavy atom. The quantitative estimate of drug-likeness (QED) is 0.165. The number of benzene rings is 4. The van der Waals surface area contributed by atoms with Gasteiger partial charge in [-0.3, -0.25) is 0 Å². The third-order valence-electron chi connectivity index (χ3n) is 8.26. The van der Waals surface area contributed by atoms with Crippen LogP contribution in [0.3, 0.4) is 0 Å². The molecule has 0 radical (unpaired) electrons. The Morgan fingerprint density at radius 1 is 0.600 bits per heavy atom. The molecule has 4 aromatic carbocycles. The molecule has 6 aromatic rings. The van der Waals surface area contributed by atoms with E-state index in [4.69, 9.17) is 0 Å². The third-order valence-corrected chi connectivity index (χ3v) is 8.26. The Balaban J connectivity index is 1.71. The molecule has 4 heteroatoms. The summed E-state index contributed by atoms with van der Waals surface area (Å²) in [6.07, 6.45) is 7.18. The molecule has 0 aliphatic rings. The van der Waals surface area contributed by atoms with E-state index in [0.717, 1.165) is 27.9 Å². The average molecular weight is 527 g/mol. The average Bonchev–Trinajstić information content (AvgIpc) is 3.44. The van der Waals surface area contributed by atoms with Crippen molar-refractivity contribution in [3.63, 3.8) is 0 Å². The van der Waals surface area contributed by atoms with Crippen molar-refractivity contribution in [3.8, 4) is 22.5 Å². The van der Waals surface area contributed by atoms with Crippen molar-refractivity contribution in [2.24, 2.45) is 14.1 Å². The van der Waals surface area contributed by atoms with Crippen LogP contribution < -0.4 is 9.13 Å². The number of fused-ring (bicyclic) bond motifs is 2. The first kappa shape index (κ1) is 26.1. The Hall–Kier alpha value is -4.18. The van der Waals surface area contributed by atoms with Gasteiger partial charge < -0.3 is 18.3 Å². The first-order valence-corrected chi connectivity index (χ1v) is 14.2. The second-order valence-electron chi connectivity index (χ2n) is 11.8. The van der Waals surface area contributed by atoms with Crippen molar-refractivity contribution in [1.29, 1.82) is 0 Å². The number of hydrogen-bond donors (Lipinski definition) is 0. The van der Waals surface area contributed by atoms with E-state index in [2.05, 4.69) is 159 Å². The van der Waals surface area contributed by atoms with Crippen LogP contribution in [0.1, 0.15) is 61.8 Å². The largest absolute Gasteiger partial charge is 0.320 e. The zero-order valence-electron chi connectivity index (χ0n) is 24.9. The summed E-state index contributed by atoms with van der Waals surface area (Å²) >= 11 is 0. The minimum atomic E-state index is 0.403. The van der Waals surface area contributed by atoms with Gasteiger partial charge in [0.05, 0.1) is 36.2 Å². The maximum absolute atomic E-state index is 3.61. The van der Waals surface area contributed by atoms with Crippen LogP contribution in [-0.4, -0.2) is 9.13 Å². The zero-order chi connectivity index (χ0) is 28.3. The van der Waals surface area contributed by atoms with E-state index in [1.807, 2.05) is 0 Å². The lowest BCUT2D eigenvalue weighted by atomic mass is 9.85. The SMILES string of the molecule is Cc1cc2c(cc1C)[n+](-c1cc(-c3c(C(C)C)cccc3C(C)C)cc(-[n+]3[c-]n(C)c4ccccc43)c1)[c-]n2C. The number of aryl methyl sites for hydroxylation is 4. The van der Waals surface area contributed by atoms with E-state index >= 15 is 0 Å². The molecule has 2 heterocycles. The molecule has 0 amide bonds. The van der Waals surface area contributed by atoms with Crippen molar-refractivity contribution in [1.82, 2.24) is 9.13 Å². The Bertz CT molecular complexity index is 1870. The molecule has 0 spiro atoms. The second kappa shape index (κ2) is 9.78. The summed E-state index contributed by atoms with van der Waals surface area (Å²) in [4.78, 5) is 0. The van der Waals surface area contributed by atoms with E-state index in [0.29, 0.717) is 11.8 Å². The van der Waals surface area contributed by atoms with Crippen LogP contribution in [0.2, 0.25) is 0 Å². The summed E-state index contributed by atoms with van der Waals surface area (Å²) in [5.74, 6) is 0.806. The molecule has 0 atom stereocenters. The Kier molecular flexibility index (Phi) is 6.37. The molecule has 4 nitrogen and oxygen atoms in total. The number of hydrogen-bond acceptors (Lipinski definition) is 0. The predicted molar refractivity (Wildman–Crippen MR) is 163 cm³/mol. The lowest BCUT2D eigenvalue weighted by Gasteiger charge is -2.22. The molecule has 0 aliphatic carbocycles. The van der Waals surface area contributed by atoms with Crippen LogP contribution >= 0.6 is 0 Å². The van der Waals surface area contributed by atoms with Gasteiger partial charge in [0.25, 0.3) is 0 Å². The molecular formula is C36H38N4. The van der Waals surface area contributed by atoms with Crippen LogP contribution in [0.5, 0.6) is 0 Å². The van der Waals surface area contributed by atoms with Crippen molar-refractivity contribution in [2.45, 2.75) is 53.4 Å². The third kappa shape index (κ3) is 4.23. The highest BCUT2D eigenvalue weighted by atomic mass is 15.1. The molecular weight excluding hydrogens is 488 g/mol. The number of aromatic nitrogens is 4. The van der Waals surface area contributed by atoms with Crippen molar-refractivity contribution in [2.75, 3.05) is 0 Å². The van der Waals surface area contributed by atoms with Crippen LogP contribution in [0, 0.1) is 26.5 Å².